The minimum atomic E-state index is 0.0713. The Labute approximate surface area is 374 Å². The lowest BCUT2D eigenvalue weighted by atomic mass is 9.82. The van der Waals surface area contributed by atoms with Gasteiger partial charge in [0.1, 0.15) is 0 Å². The van der Waals surface area contributed by atoms with Gasteiger partial charge in [-0.25, -0.2) is 0 Å². The summed E-state index contributed by atoms with van der Waals surface area (Å²) >= 11 is 0. The second-order valence-electron chi connectivity index (χ2n) is 17.6. The Kier molecular flexibility index (Phi) is 11.7. The van der Waals surface area contributed by atoms with Crippen LogP contribution in [0.15, 0.2) is 200 Å². The first-order chi connectivity index (χ1) is 30.8. The van der Waals surface area contributed by atoms with Gasteiger partial charge in [-0.15, -0.1) is 0 Å². The molecule has 0 fully saturated rings. The fraction of sp³-hybridized carbons (Fsp3) is 0.143. The van der Waals surface area contributed by atoms with Crippen LogP contribution >= 0.6 is 0 Å². The summed E-state index contributed by atoms with van der Waals surface area (Å²) < 4.78 is 0. The van der Waals surface area contributed by atoms with Crippen molar-refractivity contribution < 1.29 is 0 Å². The predicted octanol–water partition coefficient (Wildman–Crippen LogP) is 18.2. The van der Waals surface area contributed by atoms with Gasteiger partial charge in [0.2, 0.25) is 0 Å². The molecule has 10 aromatic carbocycles. The maximum Gasteiger partial charge on any atom is -0.00263 e. The fourth-order valence-electron chi connectivity index (χ4n) is 9.60. The molecule has 0 heterocycles. The molecule has 0 unspecified atom stereocenters. The van der Waals surface area contributed by atoms with Gasteiger partial charge in [-0.2, -0.15) is 0 Å². The first-order valence-corrected chi connectivity index (χ1v) is 22.7. The van der Waals surface area contributed by atoms with E-state index in [9.17, 15) is 0 Å². The Morgan fingerprint density at radius 1 is 0.365 bits per heavy atom. The van der Waals surface area contributed by atoms with Crippen molar-refractivity contribution in [2.45, 2.75) is 59.8 Å². The van der Waals surface area contributed by atoms with Crippen molar-refractivity contribution in [1.82, 2.24) is 0 Å². The van der Waals surface area contributed by atoms with E-state index in [-0.39, 0.29) is 5.41 Å². The maximum absolute atomic E-state index is 2.39. The van der Waals surface area contributed by atoms with Crippen molar-refractivity contribution in [3.63, 3.8) is 0 Å². The molecular weight excluding hydrogens is 757 g/mol. The van der Waals surface area contributed by atoms with Crippen LogP contribution in [0, 0.1) is 6.92 Å². The third-order valence-electron chi connectivity index (χ3n) is 12.6. The molecule has 0 saturated heterocycles. The molecular formula is C63H56. The zero-order chi connectivity index (χ0) is 43.5. The van der Waals surface area contributed by atoms with E-state index in [0.29, 0.717) is 0 Å². The normalized spacial score (nSPS) is 12.1. The SMILES string of the molecule is CC.CC(C)(C)c1cccc(-c2c3ccccc3c(-c3ccc(-c4c5ccccc5c(-c5ccccc5)c5ccccc45)cc3)c3ccccc23)c1.Cc1ccc2c(c1)C=CCC2. The van der Waals surface area contributed by atoms with Crippen molar-refractivity contribution in [3.8, 4) is 44.5 Å². The lowest BCUT2D eigenvalue weighted by molar-refractivity contribution is 0.590. The van der Waals surface area contributed by atoms with E-state index in [2.05, 4.69) is 234 Å². The molecule has 0 heteroatoms. The molecule has 0 saturated carbocycles. The molecule has 0 aliphatic heterocycles. The van der Waals surface area contributed by atoms with Crippen molar-refractivity contribution in [1.29, 1.82) is 0 Å². The van der Waals surface area contributed by atoms with E-state index in [1.807, 2.05) is 13.8 Å². The van der Waals surface area contributed by atoms with Gasteiger partial charge in [0.25, 0.3) is 0 Å². The third kappa shape index (κ3) is 7.99. The number of hydrogen-bond acceptors (Lipinski definition) is 0. The van der Waals surface area contributed by atoms with Crippen LogP contribution in [-0.2, 0) is 11.8 Å². The summed E-state index contributed by atoms with van der Waals surface area (Å²) in [6.45, 7) is 13.0. The number of hydrogen-bond donors (Lipinski definition) is 0. The van der Waals surface area contributed by atoms with E-state index >= 15 is 0 Å². The van der Waals surface area contributed by atoms with E-state index < -0.39 is 0 Å². The topological polar surface area (TPSA) is 0 Å². The number of allylic oxidation sites excluding steroid dienone is 1. The molecule has 1 aliphatic carbocycles. The minimum absolute atomic E-state index is 0.0713. The Balaban J connectivity index is 0.000000334. The predicted molar refractivity (Wildman–Crippen MR) is 277 cm³/mol. The second kappa shape index (κ2) is 17.8. The van der Waals surface area contributed by atoms with E-state index in [4.69, 9.17) is 0 Å². The van der Waals surface area contributed by atoms with Gasteiger partial charge in [0.15, 0.2) is 0 Å². The highest BCUT2D eigenvalue weighted by Crippen LogP contribution is 2.47. The lowest BCUT2D eigenvalue weighted by Gasteiger charge is -2.22. The number of rotatable bonds is 4. The van der Waals surface area contributed by atoms with Gasteiger partial charge in [0, 0.05) is 0 Å². The van der Waals surface area contributed by atoms with E-state index in [0.717, 1.165) is 0 Å². The minimum Gasteiger partial charge on any atom is -0.0836 e. The maximum atomic E-state index is 2.39. The third-order valence-corrected chi connectivity index (χ3v) is 12.6. The van der Waals surface area contributed by atoms with Crippen molar-refractivity contribution in [2.24, 2.45) is 0 Å². The molecule has 10 aromatic rings. The fourth-order valence-corrected chi connectivity index (χ4v) is 9.60. The van der Waals surface area contributed by atoms with Gasteiger partial charge in [0.05, 0.1) is 0 Å². The summed E-state index contributed by atoms with van der Waals surface area (Å²) in [5.41, 5.74) is 15.8. The zero-order valence-corrected chi connectivity index (χ0v) is 37.5. The van der Waals surface area contributed by atoms with Gasteiger partial charge in [-0.1, -0.05) is 246 Å². The van der Waals surface area contributed by atoms with E-state index in [1.54, 1.807) is 0 Å². The van der Waals surface area contributed by atoms with Gasteiger partial charge >= 0.3 is 0 Å². The molecule has 308 valence electrons. The summed E-state index contributed by atoms with van der Waals surface area (Å²) in [6, 6.07) is 71.6. The summed E-state index contributed by atoms with van der Waals surface area (Å²) in [4.78, 5) is 0. The molecule has 1 aliphatic rings. The molecule has 0 amide bonds. The average molecular weight is 813 g/mol. The highest BCUT2D eigenvalue weighted by molar-refractivity contribution is 6.23. The first-order valence-electron chi connectivity index (χ1n) is 22.7. The summed E-state index contributed by atoms with van der Waals surface area (Å²) in [7, 11) is 0. The Morgan fingerprint density at radius 2 is 0.746 bits per heavy atom. The number of aryl methyl sites for hydroxylation is 2. The van der Waals surface area contributed by atoms with Crippen LogP contribution in [0.3, 0.4) is 0 Å². The average Bonchev–Trinajstić information content (AvgIpc) is 3.33. The Hall–Kier alpha value is -7.02. The summed E-state index contributed by atoms with van der Waals surface area (Å²) in [5, 5.41) is 10.2. The monoisotopic (exact) mass is 812 g/mol. The summed E-state index contributed by atoms with van der Waals surface area (Å²) in [5.74, 6) is 0. The van der Waals surface area contributed by atoms with Crippen LogP contribution in [0.25, 0.3) is 93.7 Å². The van der Waals surface area contributed by atoms with E-state index in [1.165, 1.54) is 123 Å². The highest BCUT2D eigenvalue weighted by Gasteiger charge is 2.20. The van der Waals surface area contributed by atoms with Crippen LogP contribution in [0.2, 0.25) is 0 Å². The van der Waals surface area contributed by atoms with Gasteiger partial charge < -0.3 is 0 Å². The van der Waals surface area contributed by atoms with Crippen LogP contribution in [0.4, 0.5) is 0 Å². The van der Waals surface area contributed by atoms with Crippen molar-refractivity contribution in [3.05, 3.63) is 222 Å². The van der Waals surface area contributed by atoms with Crippen molar-refractivity contribution >= 4 is 49.2 Å². The Bertz CT molecular complexity index is 3150. The van der Waals surface area contributed by atoms with Gasteiger partial charge in [-0.3, -0.25) is 0 Å². The van der Waals surface area contributed by atoms with Crippen molar-refractivity contribution in [2.75, 3.05) is 0 Å². The standard InChI is InChI=1S/C50H38.C11H12.C2H6/c1-50(2,3)37-19-15-18-36(32-37)49-44-26-13-11-24-42(44)48(43-25-12-14-27-45(43)49)35-30-28-34(29-31-35)47-40-22-9-7-20-38(40)46(33-16-5-4-6-17-33)39-21-8-10-23-41(39)47;1-9-6-7-10-4-2-3-5-11(10)8-9;1-2/h4-32H,1-3H3;3,5-8H,2,4H2,1H3;1-2H3. The molecule has 0 radical (unpaired) electrons. The second-order valence-corrected chi connectivity index (χ2v) is 17.6. The number of benzene rings is 10. The zero-order valence-electron chi connectivity index (χ0n) is 37.5. The smallest absolute Gasteiger partial charge is 0.00263 e. The Morgan fingerprint density at radius 3 is 1.17 bits per heavy atom. The van der Waals surface area contributed by atoms with Crippen LogP contribution < -0.4 is 0 Å². The molecule has 63 heavy (non-hydrogen) atoms. The molecule has 0 nitrogen and oxygen atoms in total. The molecule has 0 N–H and O–H groups in total. The molecule has 0 aromatic heterocycles. The van der Waals surface area contributed by atoms with Crippen LogP contribution in [0.1, 0.15) is 63.3 Å². The number of fused-ring (bicyclic) bond motifs is 5. The largest absolute Gasteiger partial charge is 0.0836 e. The summed E-state index contributed by atoms with van der Waals surface area (Å²) in [6.07, 6.45) is 6.90. The van der Waals surface area contributed by atoms with Crippen LogP contribution in [0.5, 0.6) is 0 Å². The first kappa shape index (κ1) is 41.3. The molecule has 0 atom stereocenters. The lowest BCUT2D eigenvalue weighted by Crippen LogP contribution is -2.10. The van der Waals surface area contributed by atoms with Crippen LogP contribution in [-0.4, -0.2) is 0 Å². The molecule has 11 rings (SSSR count). The highest BCUT2D eigenvalue weighted by atomic mass is 14.2. The quantitative estimate of drug-likeness (QED) is 0.155. The molecule has 0 bridgehead atoms. The van der Waals surface area contributed by atoms with Gasteiger partial charge in [-0.05, 0) is 129 Å². The molecule has 0 spiro atoms.